The van der Waals surface area contributed by atoms with Crippen molar-refractivity contribution in [3.8, 4) is 0 Å². The molecule has 2 N–H and O–H groups in total. The number of amides is 1. The van der Waals surface area contributed by atoms with E-state index in [0.717, 1.165) is 12.1 Å². The van der Waals surface area contributed by atoms with E-state index < -0.39 is 27.7 Å². The van der Waals surface area contributed by atoms with Gasteiger partial charge in [-0.15, -0.1) is 0 Å². The van der Waals surface area contributed by atoms with Crippen molar-refractivity contribution in [2.75, 3.05) is 24.2 Å². The molecule has 0 aliphatic carbocycles. The van der Waals surface area contributed by atoms with Crippen molar-refractivity contribution in [2.24, 2.45) is 0 Å². The molecule has 0 atom stereocenters. The van der Waals surface area contributed by atoms with Crippen LogP contribution in [0, 0.1) is 0 Å². The molecule has 0 aliphatic heterocycles. The fourth-order valence-electron chi connectivity index (χ4n) is 2.32. The molecule has 1 amide bonds. The van der Waals surface area contributed by atoms with E-state index in [9.17, 15) is 26.4 Å². The Bertz CT molecular complexity index is 941. The van der Waals surface area contributed by atoms with E-state index in [2.05, 4.69) is 10.6 Å². The van der Waals surface area contributed by atoms with Crippen LogP contribution in [-0.2, 0) is 21.0 Å². The summed E-state index contributed by atoms with van der Waals surface area (Å²) < 4.78 is 63.7. The highest BCUT2D eigenvalue weighted by molar-refractivity contribution is 7.89. The number of anilines is 2. The number of hydrogen-bond acceptors (Lipinski definition) is 4. The smallest absolute Gasteiger partial charge is 0.376 e. The van der Waals surface area contributed by atoms with E-state index in [4.69, 9.17) is 0 Å². The first kappa shape index (κ1) is 22.7. The largest absolute Gasteiger partial charge is 0.416 e. The van der Waals surface area contributed by atoms with Gasteiger partial charge in [0, 0.05) is 24.5 Å². The topological polar surface area (TPSA) is 78.5 Å². The predicted octanol–water partition coefficient (Wildman–Crippen LogP) is 3.78. The number of carbonyl (C=O) groups excluding carboxylic acids is 1. The summed E-state index contributed by atoms with van der Waals surface area (Å²) >= 11 is 0. The molecular weight excluding hydrogens is 407 g/mol. The van der Waals surface area contributed by atoms with E-state index in [0.29, 0.717) is 5.69 Å². The molecule has 0 saturated heterocycles. The molecule has 2 aromatic rings. The second-order valence-corrected chi connectivity index (χ2v) is 8.61. The van der Waals surface area contributed by atoms with Crippen molar-refractivity contribution in [3.63, 3.8) is 0 Å². The lowest BCUT2D eigenvalue weighted by molar-refractivity contribution is -0.137. The molecule has 0 saturated carbocycles. The SMILES string of the molecule is CC(C)N(C)S(=O)(=O)c1ccc(NCC(=O)Nc2ccc(C(F)(F)F)cc2)cc1. The fraction of sp³-hybridized carbons (Fsp3) is 0.316. The molecule has 0 unspecified atom stereocenters. The average molecular weight is 429 g/mol. The molecule has 0 spiro atoms. The van der Waals surface area contributed by atoms with Gasteiger partial charge in [-0.2, -0.15) is 17.5 Å². The second kappa shape index (κ2) is 8.83. The number of alkyl halides is 3. The molecule has 29 heavy (non-hydrogen) atoms. The Morgan fingerprint density at radius 3 is 2.00 bits per heavy atom. The van der Waals surface area contributed by atoms with Gasteiger partial charge in [-0.3, -0.25) is 4.79 Å². The maximum atomic E-state index is 12.5. The minimum atomic E-state index is -4.44. The van der Waals surface area contributed by atoms with Gasteiger partial charge in [0.05, 0.1) is 17.0 Å². The van der Waals surface area contributed by atoms with Crippen molar-refractivity contribution in [1.29, 1.82) is 0 Å². The van der Waals surface area contributed by atoms with E-state index in [1.54, 1.807) is 13.8 Å². The molecule has 0 fully saturated rings. The molecule has 2 aromatic carbocycles. The lowest BCUT2D eigenvalue weighted by Gasteiger charge is -2.21. The molecule has 2 rings (SSSR count). The lowest BCUT2D eigenvalue weighted by Crippen LogP contribution is -2.33. The first-order valence-corrected chi connectivity index (χ1v) is 10.1. The van der Waals surface area contributed by atoms with Crippen LogP contribution in [0.1, 0.15) is 19.4 Å². The molecule has 158 valence electrons. The number of halogens is 3. The van der Waals surface area contributed by atoms with Gasteiger partial charge in [0.25, 0.3) is 0 Å². The second-order valence-electron chi connectivity index (χ2n) is 6.62. The van der Waals surface area contributed by atoms with Gasteiger partial charge < -0.3 is 10.6 Å². The highest BCUT2D eigenvalue weighted by Crippen LogP contribution is 2.29. The van der Waals surface area contributed by atoms with Crippen LogP contribution in [0.3, 0.4) is 0 Å². The maximum Gasteiger partial charge on any atom is 0.416 e. The van der Waals surface area contributed by atoms with E-state index in [1.807, 2.05) is 0 Å². The molecule has 0 radical (unpaired) electrons. The van der Waals surface area contributed by atoms with Crippen molar-refractivity contribution in [3.05, 3.63) is 54.1 Å². The summed E-state index contributed by atoms with van der Waals surface area (Å²) in [4.78, 5) is 12.1. The summed E-state index contributed by atoms with van der Waals surface area (Å²) in [7, 11) is -2.10. The summed E-state index contributed by atoms with van der Waals surface area (Å²) in [5.41, 5.74) is -0.0338. The average Bonchev–Trinajstić information content (AvgIpc) is 2.65. The van der Waals surface area contributed by atoms with Gasteiger partial charge in [0.2, 0.25) is 15.9 Å². The van der Waals surface area contributed by atoms with Crippen LogP contribution < -0.4 is 10.6 Å². The molecule has 10 heteroatoms. The number of nitrogens with zero attached hydrogens (tertiary/aromatic N) is 1. The van der Waals surface area contributed by atoms with Crippen molar-refractivity contribution in [2.45, 2.75) is 31.0 Å². The number of rotatable bonds is 7. The van der Waals surface area contributed by atoms with Crippen molar-refractivity contribution < 1.29 is 26.4 Å². The molecule has 0 aliphatic rings. The molecule has 0 aromatic heterocycles. The summed E-state index contributed by atoms with van der Waals surface area (Å²) in [6.45, 7) is 3.39. The van der Waals surface area contributed by atoms with Gasteiger partial charge in [0.1, 0.15) is 0 Å². The van der Waals surface area contributed by atoms with Crippen LogP contribution in [0.4, 0.5) is 24.5 Å². The van der Waals surface area contributed by atoms with Crippen molar-refractivity contribution in [1.82, 2.24) is 4.31 Å². The van der Waals surface area contributed by atoms with E-state index in [1.165, 1.54) is 47.8 Å². The summed E-state index contributed by atoms with van der Waals surface area (Å²) in [5, 5.41) is 5.31. The highest BCUT2D eigenvalue weighted by atomic mass is 32.2. The van der Waals surface area contributed by atoms with Gasteiger partial charge in [-0.05, 0) is 62.4 Å². The van der Waals surface area contributed by atoms with Gasteiger partial charge in [0.15, 0.2) is 0 Å². The number of nitrogens with one attached hydrogen (secondary N) is 2. The summed E-state index contributed by atoms with van der Waals surface area (Å²) in [6.07, 6.45) is -4.44. The highest BCUT2D eigenvalue weighted by Gasteiger charge is 2.30. The number of carbonyl (C=O) groups is 1. The summed E-state index contributed by atoms with van der Waals surface area (Å²) in [6, 6.07) is 9.86. The Kier molecular flexibility index (Phi) is 6.91. The molecule has 0 bridgehead atoms. The third kappa shape index (κ3) is 5.94. The Morgan fingerprint density at radius 2 is 1.52 bits per heavy atom. The van der Waals surface area contributed by atoms with Gasteiger partial charge in [-0.1, -0.05) is 0 Å². The molecule has 0 heterocycles. The van der Waals surface area contributed by atoms with Crippen molar-refractivity contribution >= 4 is 27.3 Å². The Labute approximate surface area is 167 Å². The first-order chi connectivity index (χ1) is 13.4. The Morgan fingerprint density at radius 1 is 1.00 bits per heavy atom. The minimum absolute atomic E-state index is 0.133. The van der Waals surface area contributed by atoms with Gasteiger partial charge >= 0.3 is 6.18 Å². The fourth-order valence-corrected chi connectivity index (χ4v) is 3.69. The van der Waals surface area contributed by atoms with E-state index >= 15 is 0 Å². The standard InChI is InChI=1S/C19H22F3N3O3S/c1-13(2)25(3)29(27,28)17-10-8-15(9-11-17)23-12-18(26)24-16-6-4-14(5-7-16)19(20,21)22/h4-11,13,23H,12H2,1-3H3,(H,24,26). The Hall–Kier alpha value is -2.59. The maximum absolute atomic E-state index is 12.5. The zero-order valence-corrected chi connectivity index (χ0v) is 16.9. The monoisotopic (exact) mass is 429 g/mol. The zero-order valence-electron chi connectivity index (χ0n) is 16.1. The number of benzene rings is 2. The molecule has 6 nitrogen and oxygen atoms in total. The van der Waals surface area contributed by atoms with E-state index in [-0.39, 0.29) is 23.2 Å². The lowest BCUT2D eigenvalue weighted by atomic mass is 10.2. The van der Waals surface area contributed by atoms with Crippen LogP contribution >= 0.6 is 0 Å². The first-order valence-electron chi connectivity index (χ1n) is 8.70. The van der Waals surface area contributed by atoms with Gasteiger partial charge in [-0.25, -0.2) is 8.42 Å². The minimum Gasteiger partial charge on any atom is -0.376 e. The normalized spacial score (nSPS) is 12.3. The number of sulfonamides is 1. The van der Waals surface area contributed by atoms with Crippen LogP contribution in [0.25, 0.3) is 0 Å². The van der Waals surface area contributed by atoms with Crippen LogP contribution in [-0.4, -0.2) is 38.3 Å². The predicted molar refractivity (Wildman–Crippen MR) is 105 cm³/mol. The summed E-state index contributed by atoms with van der Waals surface area (Å²) in [5.74, 6) is -0.457. The zero-order chi connectivity index (χ0) is 21.8. The van der Waals surface area contributed by atoms with Crippen LogP contribution in [0.15, 0.2) is 53.4 Å². The van der Waals surface area contributed by atoms with Crippen LogP contribution in [0.5, 0.6) is 0 Å². The third-order valence-corrected chi connectivity index (χ3v) is 6.26. The third-order valence-electron chi connectivity index (χ3n) is 4.21. The number of hydrogen-bond donors (Lipinski definition) is 2. The quantitative estimate of drug-likeness (QED) is 0.702. The Balaban J connectivity index is 1.94. The molecular formula is C19H22F3N3O3S. The van der Waals surface area contributed by atoms with Crippen LogP contribution in [0.2, 0.25) is 0 Å².